The van der Waals surface area contributed by atoms with Crippen LogP contribution in [0, 0.1) is 0 Å². The molecule has 0 aromatic carbocycles. The maximum Gasteiger partial charge on any atom is 0.191 e. The third kappa shape index (κ3) is 7.06. The van der Waals surface area contributed by atoms with E-state index in [0.29, 0.717) is 0 Å². The molecule has 1 saturated carbocycles. The molecule has 0 spiro atoms. The molecule has 19 heavy (non-hydrogen) atoms. The number of hydrogen-bond donors (Lipinski definition) is 2. The highest BCUT2D eigenvalue weighted by atomic mass is 32.2. The number of thioether (sulfide) groups is 1. The average molecular weight is 286 g/mol. The monoisotopic (exact) mass is 286 g/mol. The Hall–Kier alpha value is -0.420. The fraction of sp³-hybridized carbons (Fsp3) is 0.929. The second-order valence-corrected chi connectivity index (χ2v) is 6.08. The summed E-state index contributed by atoms with van der Waals surface area (Å²) < 4.78 is 0. The van der Waals surface area contributed by atoms with Crippen molar-refractivity contribution in [3.8, 4) is 0 Å². The molecule has 0 saturated heterocycles. The van der Waals surface area contributed by atoms with Crippen molar-refractivity contribution in [3.63, 3.8) is 0 Å². The molecule has 2 N–H and O–H groups in total. The van der Waals surface area contributed by atoms with Gasteiger partial charge >= 0.3 is 0 Å². The van der Waals surface area contributed by atoms with Crippen LogP contribution in [0.5, 0.6) is 0 Å². The zero-order valence-electron chi connectivity index (χ0n) is 12.7. The average Bonchev–Trinajstić information content (AvgIpc) is 2.93. The third-order valence-electron chi connectivity index (χ3n) is 3.61. The molecular weight excluding hydrogens is 256 g/mol. The minimum atomic E-state index is 0.794. The van der Waals surface area contributed by atoms with Crippen LogP contribution < -0.4 is 10.6 Å². The van der Waals surface area contributed by atoms with Crippen LogP contribution in [0.15, 0.2) is 4.99 Å². The van der Waals surface area contributed by atoms with Crippen LogP contribution in [0.4, 0.5) is 0 Å². The first kappa shape index (κ1) is 16.6. The minimum absolute atomic E-state index is 0.794. The summed E-state index contributed by atoms with van der Waals surface area (Å²) in [5.74, 6) is 2.07. The standard InChI is InChI=1S/C14H30N4S/c1-4-15-14(17-10-12-19-3)16-9-11-18(2)13-7-5-6-8-13/h13H,4-12H2,1-3H3,(H2,15,16,17). The molecule has 0 aromatic rings. The molecule has 1 fully saturated rings. The lowest BCUT2D eigenvalue weighted by Gasteiger charge is -2.23. The number of hydrogen-bond acceptors (Lipinski definition) is 3. The molecule has 0 bridgehead atoms. The van der Waals surface area contributed by atoms with E-state index in [4.69, 9.17) is 0 Å². The first-order valence-corrected chi connectivity index (χ1v) is 8.88. The Balaban J connectivity index is 2.24. The number of nitrogens with zero attached hydrogens (tertiary/aromatic N) is 2. The van der Waals surface area contributed by atoms with E-state index in [-0.39, 0.29) is 0 Å². The fourth-order valence-corrected chi connectivity index (χ4v) is 2.77. The van der Waals surface area contributed by atoms with Crippen LogP contribution in [0.3, 0.4) is 0 Å². The van der Waals surface area contributed by atoms with E-state index in [9.17, 15) is 0 Å². The lowest BCUT2D eigenvalue weighted by Crippen LogP contribution is -2.39. The Morgan fingerprint density at radius 2 is 2.05 bits per heavy atom. The predicted octanol–water partition coefficient (Wildman–Crippen LogP) is 1.78. The third-order valence-corrected chi connectivity index (χ3v) is 4.23. The molecule has 0 aliphatic heterocycles. The number of guanidine groups is 1. The molecule has 0 radical (unpaired) electrons. The smallest absolute Gasteiger partial charge is 0.191 e. The Morgan fingerprint density at radius 1 is 1.32 bits per heavy atom. The molecule has 112 valence electrons. The van der Waals surface area contributed by atoms with Crippen LogP contribution in [0.1, 0.15) is 32.6 Å². The zero-order chi connectivity index (χ0) is 13.9. The molecule has 4 nitrogen and oxygen atoms in total. The van der Waals surface area contributed by atoms with Crippen molar-refractivity contribution in [1.82, 2.24) is 15.5 Å². The highest BCUT2D eigenvalue weighted by Crippen LogP contribution is 2.21. The topological polar surface area (TPSA) is 39.7 Å². The molecular formula is C14H30N4S. The van der Waals surface area contributed by atoms with E-state index in [1.54, 1.807) is 0 Å². The number of likely N-dealkylation sites (N-methyl/N-ethyl adjacent to an activating group) is 1. The summed E-state index contributed by atoms with van der Waals surface area (Å²) >= 11 is 1.85. The maximum absolute atomic E-state index is 4.64. The first-order chi connectivity index (χ1) is 9.27. The lowest BCUT2D eigenvalue weighted by molar-refractivity contribution is 0.252. The Bertz CT molecular complexity index is 252. The second-order valence-electron chi connectivity index (χ2n) is 5.10. The van der Waals surface area contributed by atoms with E-state index in [1.807, 2.05) is 11.8 Å². The predicted molar refractivity (Wildman–Crippen MR) is 87.2 cm³/mol. The zero-order valence-corrected chi connectivity index (χ0v) is 13.6. The normalized spacial score (nSPS) is 17.2. The van der Waals surface area contributed by atoms with Gasteiger partial charge in [-0.05, 0) is 33.1 Å². The number of nitrogens with one attached hydrogen (secondary N) is 2. The quantitative estimate of drug-likeness (QED) is 0.405. The van der Waals surface area contributed by atoms with E-state index < -0.39 is 0 Å². The maximum atomic E-state index is 4.64. The molecule has 0 aromatic heterocycles. The molecule has 0 heterocycles. The van der Waals surface area contributed by atoms with Gasteiger partial charge in [0.15, 0.2) is 5.96 Å². The van der Waals surface area contributed by atoms with E-state index >= 15 is 0 Å². The summed E-state index contributed by atoms with van der Waals surface area (Å²) in [4.78, 5) is 7.11. The van der Waals surface area contributed by atoms with Gasteiger partial charge in [0.25, 0.3) is 0 Å². The highest BCUT2D eigenvalue weighted by Gasteiger charge is 2.18. The van der Waals surface area contributed by atoms with Gasteiger partial charge in [-0.3, -0.25) is 4.99 Å². The summed E-state index contributed by atoms with van der Waals surface area (Å²) in [6.07, 6.45) is 7.66. The van der Waals surface area contributed by atoms with Gasteiger partial charge in [-0.2, -0.15) is 11.8 Å². The first-order valence-electron chi connectivity index (χ1n) is 7.49. The van der Waals surface area contributed by atoms with Crippen LogP contribution >= 0.6 is 11.8 Å². The largest absolute Gasteiger partial charge is 0.357 e. The highest BCUT2D eigenvalue weighted by molar-refractivity contribution is 7.98. The lowest BCUT2D eigenvalue weighted by atomic mass is 10.2. The molecule has 0 amide bonds. The molecule has 5 heteroatoms. The van der Waals surface area contributed by atoms with Crippen LogP contribution in [-0.2, 0) is 0 Å². The van der Waals surface area contributed by atoms with Gasteiger partial charge in [-0.1, -0.05) is 12.8 Å². The van der Waals surface area contributed by atoms with Crippen molar-refractivity contribution in [2.45, 2.75) is 38.6 Å². The van der Waals surface area contributed by atoms with E-state index in [1.165, 1.54) is 25.7 Å². The minimum Gasteiger partial charge on any atom is -0.357 e. The molecule has 1 aliphatic carbocycles. The van der Waals surface area contributed by atoms with Gasteiger partial charge in [0.1, 0.15) is 0 Å². The molecule has 1 rings (SSSR count). The van der Waals surface area contributed by atoms with Crippen molar-refractivity contribution in [2.24, 2.45) is 4.99 Å². The Labute approximate surface area is 122 Å². The van der Waals surface area contributed by atoms with Gasteiger partial charge < -0.3 is 15.5 Å². The SMILES string of the molecule is CCNC(=NCCN(C)C1CCCC1)NCCSC. The van der Waals surface area contributed by atoms with Gasteiger partial charge in [-0.15, -0.1) is 0 Å². The van der Waals surface area contributed by atoms with Crippen molar-refractivity contribution in [2.75, 3.05) is 45.2 Å². The van der Waals surface area contributed by atoms with Crippen molar-refractivity contribution < 1.29 is 0 Å². The van der Waals surface area contributed by atoms with Crippen LogP contribution in [0.2, 0.25) is 0 Å². The van der Waals surface area contributed by atoms with Crippen LogP contribution in [0.25, 0.3) is 0 Å². The summed E-state index contributed by atoms with van der Waals surface area (Å²) in [6.45, 7) is 5.94. The fourth-order valence-electron chi connectivity index (χ4n) is 2.46. The van der Waals surface area contributed by atoms with Crippen LogP contribution in [-0.4, -0.2) is 62.1 Å². The van der Waals surface area contributed by atoms with Gasteiger partial charge in [-0.25, -0.2) is 0 Å². The number of aliphatic imine (C=N–C) groups is 1. The molecule has 0 unspecified atom stereocenters. The van der Waals surface area contributed by atoms with E-state index in [0.717, 1.165) is 43.9 Å². The Morgan fingerprint density at radius 3 is 2.68 bits per heavy atom. The van der Waals surface area contributed by atoms with Crippen molar-refractivity contribution in [3.05, 3.63) is 0 Å². The van der Waals surface area contributed by atoms with Gasteiger partial charge in [0.05, 0.1) is 6.54 Å². The summed E-state index contributed by atoms with van der Waals surface area (Å²) in [5, 5.41) is 6.66. The summed E-state index contributed by atoms with van der Waals surface area (Å²) in [5.41, 5.74) is 0. The van der Waals surface area contributed by atoms with Crippen molar-refractivity contribution >= 4 is 17.7 Å². The van der Waals surface area contributed by atoms with Gasteiger partial charge in [0, 0.05) is 31.4 Å². The summed E-state index contributed by atoms with van der Waals surface area (Å²) in [7, 11) is 2.24. The van der Waals surface area contributed by atoms with E-state index in [2.05, 4.69) is 40.8 Å². The summed E-state index contributed by atoms with van der Waals surface area (Å²) in [6, 6.07) is 0.794. The molecule has 1 aliphatic rings. The second kappa shape index (κ2) is 10.4. The molecule has 0 atom stereocenters. The Kier molecular flexibility index (Phi) is 9.08. The van der Waals surface area contributed by atoms with Gasteiger partial charge in [0.2, 0.25) is 0 Å². The number of rotatable bonds is 8. The van der Waals surface area contributed by atoms with Crippen molar-refractivity contribution in [1.29, 1.82) is 0 Å².